The quantitative estimate of drug-likeness (QED) is 0.580. The van der Waals surface area contributed by atoms with E-state index in [-0.39, 0.29) is 30.5 Å². The highest BCUT2D eigenvalue weighted by Crippen LogP contribution is 2.18. The molecule has 0 aliphatic carbocycles. The predicted molar refractivity (Wildman–Crippen MR) is 89.3 cm³/mol. The lowest BCUT2D eigenvalue weighted by Gasteiger charge is -2.07. The number of ether oxygens (including phenoxy) is 1. The fourth-order valence-corrected chi connectivity index (χ4v) is 2.84. The minimum absolute atomic E-state index is 0.105. The van der Waals surface area contributed by atoms with Gasteiger partial charge in [0.1, 0.15) is 5.75 Å². The van der Waals surface area contributed by atoms with E-state index in [0.717, 1.165) is 0 Å². The Labute approximate surface area is 141 Å². The highest BCUT2D eigenvalue weighted by atomic mass is 32.2. The van der Waals surface area contributed by atoms with Crippen molar-refractivity contribution in [1.29, 1.82) is 0 Å². The van der Waals surface area contributed by atoms with Crippen molar-refractivity contribution in [2.24, 2.45) is 0 Å². The van der Waals surface area contributed by atoms with Crippen LogP contribution >= 0.6 is 0 Å². The van der Waals surface area contributed by atoms with Crippen molar-refractivity contribution in [3.63, 3.8) is 0 Å². The number of hydrogen-bond acceptors (Lipinski definition) is 5. The van der Waals surface area contributed by atoms with Crippen LogP contribution in [0.4, 0.5) is 5.69 Å². The zero-order valence-electron chi connectivity index (χ0n) is 12.7. The third kappa shape index (κ3) is 5.47. The maximum atomic E-state index is 12.0. The zero-order chi connectivity index (χ0) is 17.4. The second-order valence-electron chi connectivity index (χ2n) is 4.76. The summed E-state index contributed by atoms with van der Waals surface area (Å²) in [5, 5.41) is 13.3. The molecule has 126 valence electrons. The van der Waals surface area contributed by atoms with Crippen molar-refractivity contribution in [3.8, 4) is 5.75 Å². The summed E-state index contributed by atoms with van der Waals surface area (Å²) < 4.78 is 17.2. The summed E-state index contributed by atoms with van der Waals surface area (Å²) in [6.07, 6.45) is 0. The minimum atomic E-state index is -1.18. The van der Waals surface area contributed by atoms with E-state index in [2.05, 4.69) is 5.32 Å². The van der Waals surface area contributed by atoms with Gasteiger partial charge in [-0.05, 0) is 18.2 Å². The van der Waals surface area contributed by atoms with Crippen molar-refractivity contribution < 1.29 is 18.7 Å². The monoisotopic (exact) mass is 348 g/mol. The largest absolute Gasteiger partial charge is 0.484 e. The van der Waals surface area contributed by atoms with Crippen LogP contribution in [0.25, 0.3) is 0 Å². The molecule has 1 N–H and O–H groups in total. The molecule has 7 nitrogen and oxygen atoms in total. The first-order valence-corrected chi connectivity index (χ1v) is 8.45. The Morgan fingerprint density at radius 1 is 1.17 bits per heavy atom. The topological polar surface area (TPSA) is 98.5 Å². The van der Waals surface area contributed by atoms with Gasteiger partial charge >= 0.3 is 0 Å². The Balaban J connectivity index is 1.73. The number of nitrogens with zero attached hydrogens (tertiary/aromatic N) is 1. The van der Waals surface area contributed by atoms with Crippen LogP contribution in [0, 0.1) is 10.1 Å². The number of hydrogen-bond donors (Lipinski definition) is 1. The molecule has 0 aliphatic rings. The first-order chi connectivity index (χ1) is 11.6. The lowest BCUT2D eigenvalue weighted by molar-refractivity contribution is -0.384. The molecule has 1 amide bonds. The van der Waals surface area contributed by atoms with Gasteiger partial charge in [-0.2, -0.15) is 0 Å². The summed E-state index contributed by atoms with van der Waals surface area (Å²) in [7, 11) is -1.18. The van der Waals surface area contributed by atoms with Crippen LogP contribution in [0.5, 0.6) is 5.75 Å². The Morgan fingerprint density at radius 2 is 1.92 bits per heavy atom. The van der Waals surface area contributed by atoms with E-state index >= 15 is 0 Å². The van der Waals surface area contributed by atoms with Gasteiger partial charge in [-0.1, -0.05) is 24.3 Å². The average molecular weight is 348 g/mol. The van der Waals surface area contributed by atoms with Gasteiger partial charge < -0.3 is 10.1 Å². The molecule has 0 bridgehead atoms. The lowest BCUT2D eigenvalue weighted by atomic mass is 10.3. The molecule has 0 saturated carbocycles. The summed E-state index contributed by atoms with van der Waals surface area (Å²) in [4.78, 5) is 22.5. The molecule has 2 aromatic carbocycles. The van der Waals surface area contributed by atoms with E-state index in [1.54, 1.807) is 24.3 Å². The number of rotatable bonds is 8. The minimum Gasteiger partial charge on any atom is -0.484 e. The van der Waals surface area contributed by atoms with E-state index in [0.29, 0.717) is 10.6 Å². The van der Waals surface area contributed by atoms with E-state index in [4.69, 9.17) is 4.74 Å². The molecule has 24 heavy (non-hydrogen) atoms. The molecule has 8 heteroatoms. The van der Waals surface area contributed by atoms with Gasteiger partial charge in [0.25, 0.3) is 11.6 Å². The molecule has 0 fully saturated rings. The molecule has 0 saturated heterocycles. The molecule has 2 rings (SSSR count). The second kappa shape index (κ2) is 8.78. The van der Waals surface area contributed by atoms with Crippen LogP contribution in [0.3, 0.4) is 0 Å². The van der Waals surface area contributed by atoms with Crippen LogP contribution in [0.1, 0.15) is 0 Å². The average Bonchev–Trinajstić information content (AvgIpc) is 2.61. The van der Waals surface area contributed by atoms with Gasteiger partial charge in [-0.15, -0.1) is 0 Å². The standard InChI is InChI=1S/C16H16N2O5S/c19-16(12-23-14-6-4-5-13(11-14)18(20)21)17-9-10-24(22)15-7-2-1-3-8-15/h1-8,11H,9-10,12H2,(H,17,19)/t24-/m1/s1. The first kappa shape index (κ1) is 17.6. The van der Waals surface area contributed by atoms with Crippen molar-refractivity contribution >= 4 is 22.4 Å². The number of carbonyl (C=O) groups is 1. The number of amides is 1. The van der Waals surface area contributed by atoms with Crippen molar-refractivity contribution in [2.75, 3.05) is 18.9 Å². The molecule has 0 radical (unpaired) electrons. The van der Waals surface area contributed by atoms with E-state index in [1.807, 2.05) is 6.07 Å². The third-order valence-corrected chi connectivity index (χ3v) is 4.39. The maximum Gasteiger partial charge on any atom is 0.273 e. The number of nitrogens with one attached hydrogen (secondary N) is 1. The van der Waals surface area contributed by atoms with E-state index in [1.165, 1.54) is 24.3 Å². The normalized spacial score (nSPS) is 11.5. The molecular weight excluding hydrogens is 332 g/mol. The second-order valence-corrected chi connectivity index (χ2v) is 6.33. The Hall–Kier alpha value is -2.74. The highest BCUT2D eigenvalue weighted by Gasteiger charge is 2.09. The van der Waals surface area contributed by atoms with Crippen molar-refractivity contribution in [3.05, 3.63) is 64.7 Å². The fourth-order valence-electron chi connectivity index (χ4n) is 1.86. The number of non-ortho nitro benzene ring substituents is 1. The molecule has 0 heterocycles. The predicted octanol–water partition coefficient (Wildman–Crippen LogP) is 1.90. The molecule has 0 aromatic heterocycles. The van der Waals surface area contributed by atoms with Gasteiger partial charge in [0.2, 0.25) is 0 Å². The molecule has 1 atom stereocenters. The Morgan fingerprint density at radius 3 is 2.62 bits per heavy atom. The Kier molecular flexibility index (Phi) is 6.44. The molecule has 0 unspecified atom stereocenters. The van der Waals surface area contributed by atoms with Crippen molar-refractivity contribution in [2.45, 2.75) is 4.90 Å². The fraction of sp³-hybridized carbons (Fsp3) is 0.188. The summed E-state index contributed by atoms with van der Waals surface area (Å²) >= 11 is 0. The summed E-state index contributed by atoms with van der Waals surface area (Å²) in [6.45, 7) is -0.0161. The number of benzene rings is 2. The molecule has 0 spiro atoms. The Bertz CT molecular complexity index is 736. The van der Waals surface area contributed by atoms with Crippen LogP contribution in [-0.2, 0) is 15.6 Å². The van der Waals surface area contributed by atoms with Crippen LogP contribution in [0.2, 0.25) is 0 Å². The number of carbonyl (C=O) groups excluding carboxylic acids is 1. The molecule has 0 aliphatic heterocycles. The van der Waals surface area contributed by atoms with Gasteiger partial charge in [-0.3, -0.25) is 19.1 Å². The summed E-state index contributed by atoms with van der Waals surface area (Å²) in [6, 6.07) is 14.6. The van der Waals surface area contributed by atoms with Crippen LogP contribution < -0.4 is 10.1 Å². The highest BCUT2D eigenvalue weighted by molar-refractivity contribution is 7.85. The van der Waals surface area contributed by atoms with Gasteiger partial charge in [0.05, 0.1) is 21.8 Å². The maximum absolute atomic E-state index is 12.0. The molecular formula is C16H16N2O5S. The van der Waals surface area contributed by atoms with Gasteiger partial charge in [0, 0.05) is 23.3 Å². The van der Waals surface area contributed by atoms with Gasteiger partial charge in [-0.25, -0.2) is 0 Å². The van der Waals surface area contributed by atoms with E-state index in [9.17, 15) is 19.1 Å². The first-order valence-electron chi connectivity index (χ1n) is 7.13. The van der Waals surface area contributed by atoms with Crippen LogP contribution in [0.15, 0.2) is 59.5 Å². The van der Waals surface area contributed by atoms with Crippen molar-refractivity contribution in [1.82, 2.24) is 5.32 Å². The van der Waals surface area contributed by atoms with Crippen LogP contribution in [-0.4, -0.2) is 33.9 Å². The lowest BCUT2D eigenvalue weighted by Crippen LogP contribution is -2.32. The SMILES string of the molecule is O=C(COc1cccc([N+](=O)[O-])c1)NCC[S@@](=O)c1ccccc1. The van der Waals surface area contributed by atoms with E-state index < -0.39 is 15.7 Å². The smallest absolute Gasteiger partial charge is 0.273 e. The summed E-state index contributed by atoms with van der Waals surface area (Å²) in [5.74, 6) is 0.158. The number of nitro benzene ring substituents is 1. The number of nitro groups is 1. The third-order valence-electron chi connectivity index (χ3n) is 3.01. The zero-order valence-corrected chi connectivity index (χ0v) is 13.5. The molecule has 2 aromatic rings. The summed E-state index contributed by atoms with van der Waals surface area (Å²) in [5.41, 5.74) is -0.105. The van der Waals surface area contributed by atoms with Gasteiger partial charge in [0.15, 0.2) is 6.61 Å².